The van der Waals surface area contributed by atoms with Crippen LogP contribution in [0.5, 0.6) is 0 Å². The summed E-state index contributed by atoms with van der Waals surface area (Å²) >= 11 is 1.28. The zero-order valence-corrected chi connectivity index (χ0v) is 15.5. The largest absolute Gasteiger partial charge is 0.472 e. The average molecular weight is 380 g/mol. The van der Waals surface area contributed by atoms with E-state index in [-0.39, 0.29) is 5.56 Å². The molecule has 0 N–H and O–H groups in total. The maximum atomic E-state index is 13.2. The molecule has 0 saturated carbocycles. The number of nitrogens with zero attached hydrogens (tertiary/aromatic N) is 2. The van der Waals surface area contributed by atoms with E-state index in [1.807, 2.05) is 30.3 Å². The number of fused-ring (bicyclic) bond motifs is 1. The molecule has 4 rings (SSSR count). The Morgan fingerprint density at radius 1 is 1.30 bits per heavy atom. The molecule has 3 heterocycles. The molecule has 1 atom stereocenters. The highest BCUT2D eigenvalue weighted by Gasteiger charge is 2.32. The molecule has 27 heavy (non-hydrogen) atoms. The van der Waals surface area contributed by atoms with Gasteiger partial charge in [0.25, 0.3) is 5.56 Å². The average Bonchev–Trinajstić information content (AvgIpc) is 3.29. The van der Waals surface area contributed by atoms with Crippen LogP contribution in [0.2, 0.25) is 0 Å². The lowest BCUT2D eigenvalue weighted by Gasteiger charge is -2.24. The summed E-state index contributed by atoms with van der Waals surface area (Å²) in [5.41, 5.74) is 2.32. The van der Waals surface area contributed by atoms with Gasteiger partial charge in [-0.15, -0.1) is 0 Å². The number of furan rings is 1. The van der Waals surface area contributed by atoms with Crippen LogP contribution >= 0.6 is 11.3 Å². The van der Waals surface area contributed by atoms with Gasteiger partial charge in [0.15, 0.2) is 4.80 Å². The molecule has 0 radical (unpaired) electrons. The summed E-state index contributed by atoms with van der Waals surface area (Å²) in [6.07, 6.45) is 4.87. The summed E-state index contributed by atoms with van der Waals surface area (Å²) in [4.78, 5) is 30.7. The molecule has 0 fully saturated rings. The van der Waals surface area contributed by atoms with Crippen LogP contribution in [0.15, 0.2) is 74.4 Å². The second-order valence-electron chi connectivity index (χ2n) is 6.04. The zero-order chi connectivity index (χ0) is 19.0. The highest BCUT2D eigenvalue weighted by molar-refractivity contribution is 7.07. The monoisotopic (exact) mass is 380 g/mol. The van der Waals surface area contributed by atoms with Crippen molar-refractivity contribution < 1.29 is 13.9 Å². The standard InChI is InChI=1S/C20H16N2O4S/c1-12-16(19(24)25-2)17(14-6-4-3-5-7-14)22-18(23)15(27-20(22)21-12)10-13-8-9-26-11-13/h3-11,17H,1-2H3/b15-10-/t17-/m0/s1. The molecule has 7 heteroatoms. The number of esters is 1. The Hall–Kier alpha value is -3.19. The molecule has 0 saturated heterocycles. The van der Waals surface area contributed by atoms with Crippen LogP contribution in [0.1, 0.15) is 24.1 Å². The summed E-state index contributed by atoms with van der Waals surface area (Å²) in [5.74, 6) is -0.491. The number of aromatic nitrogens is 1. The molecule has 1 aliphatic rings. The SMILES string of the molecule is COC(=O)C1=C(C)N=c2s/c(=C\c3ccoc3)c(=O)n2[C@H]1c1ccccc1. The first kappa shape index (κ1) is 17.2. The van der Waals surface area contributed by atoms with Crippen molar-refractivity contribution >= 4 is 23.4 Å². The summed E-state index contributed by atoms with van der Waals surface area (Å²) in [6, 6.07) is 10.6. The van der Waals surface area contributed by atoms with E-state index in [2.05, 4.69) is 4.99 Å². The zero-order valence-electron chi connectivity index (χ0n) is 14.7. The number of carbonyl (C=O) groups is 1. The Kier molecular flexibility index (Phi) is 4.37. The quantitative estimate of drug-likeness (QED) is 0.652. The van der Waals surface area contributed by atoms with Gasteiger partial charge in [0, 0.05) is 5.56 Å². The first-order valence-electron chi connectivity index (χ1n) is 8.28. The summed E-state index contributed by atoms with van der Waals surface area (Å²) < 4.78 is 12.1. The molecule has 0 amide bonds. The molecular weight excluding hydrogens is 364 g/mol. The number of hydrogen-bond donors (Lipinski definition) is 0. The van der Waals surface area contributed by atoms with Crippen molar-refractivity contribution in [3.8, 4) is 0 Å². The molecule has 136 valence electrons. The molecule has 0 unspecified atom stereocenters. The van der Waals surface area contributed by atoms with E-state index in [1.165, 1.54) is 18.4 Å². The number of benzene rings is 1. The highest BCUT2D eigenvalue weighted by Crippen LogP contribution is 2.30. The molecule has 6 nitrogen and oxygen atoms in total. The minimum atomic E-state index is -0.582. The second-order valence-corrected chi connectivity index (χ2v) is 7.05. The van der Waals surface area contributed by atoms with Gasteiger partial charge in [0.05, 0.1) is 41.5 Å². The van der Waals surface area contributed by atoms with Crippen molar-refractivity contribution in [1.29, 1.82) is 0 Å². The highest BCUT2D eigenvalue weighted by atomic mass is 32.1. The predicted octanol–water partition coefficient (Wildman–Crippen LogP) is 2.00. The number of ether oxygens (including phenoxy) is 1. The van der Waals surface area contributed by atoms with Gasteiger partial charge in [0.2, 0.25) is 0 Å². The van der Waals surface area contributed by atoms with E-state index in [0.717, 1.165) is 11.1 Å². The van der Waals surface area contributed by atoms with Gasteiger partial charge < -0.3 is 9.15 Å². The van der Waals surface area contributed by atoms with E-state index < -0.39 is 12.0 Å². The second kappa shape index (κ2) is 6.85. The topological polar surface area (TPSA) is 73.8 Å². The van der Waals surface area contributed by atoms with Crippen LogP contribution in [0, 0.1) is 0 Å². The Balaban J connectivity index is 2.00. The first-order chi connectivity index (χ1) is 13.1. The van der Waals surface area contributed by atoms with Crippen molar-refractivity contribution in [3.05, 3.63) is 91.0 Å². The van der Waals surface area contributed by atoms with Gasteiger partial charge in [-0.05, 0) is 24.6 Å². The molecule has 3 aromatic rings. The van der Waals surface area contributed by atoms with Crippen molar-refractivity contribution in [1.82, 2.24) is 4.57 Å². The normalized spacial score (nSPS) is 16.8. The van der Waals surface area contributed by atoms with Crippen LogP contribution < -0.4 is 14.9 Å². The maximum Gasteiger partial charge on any atom is 0.338 e. The molecule has 0 bridgehead atoms. The van der Waals surface area contributed by atoms with Crippen molar-refractivity contribution in [2.24, 2.45) is 4.99 Å². The Bertz CT molecular complexity index is 1200. The lowest BCUT2D eigenvalue weighted by atomic mass is 9.96. The lowest BCUT2D eigenvalue weighted by Crippen LogP contribution is -2.39. The lowest BCUT2D eigenvalue weighted by molar-refractivity contribution is -0.136. The van der Waals surface area contributed by atoms with Gasteiger partial charge in [-0.2, -0.15) is 0 Å². The van der Waals surface area contributed by atoms with Gasteiger partial charge in [-0.25, -0.2) is 9.79 Å². The summed E-state index contributed by atoms with van der Waals surface area (Å²) in [5, 5.41) is 0. The van der Waals surface area contributed by atoms with Crippen molar-refractivity contribution in [2.45, 2.75) is 13.0 Å². The molecule has 2 aromatic heterocycles. The predicted molar refractivity (Wildman–Crippen MR) is 101 cm³/mol. The summed E-state index contributed by atoms with van der Waals surface area (Å²) in [7, 11) is 1.33. The smallest absolute Gasteiger partial charge is 0.338 e. The fourth-order valence-corrected chi connectivity index (χ4v) is 4.20. The number of allylic oxidation sites excluding steroid dienone is 1. The van der Waals surface area contributed by atoms with Crippen LogP contribution in [0.25, 0.3) is 6.08 Å². The van der Waals surface area contributed by atoms with E-state index in [0.29, 0.717) is 20.6 Å². The number of rotatable bonds is 3. The fourth-order valence-electron chi connectivity index (χ4n) is 3.15. The summed E-state index contributed by atoms with van der Waals surface area (Å²) in [6.45, 7) is 1.76. The van der Waals surface area contributed by atoms with Gasteiger partial charge in [-0.3, -0.25) is 9.36 Å². The molecule has 0 aliphatic carbocycles. The van der Waals surface area contributed by atoms with E-state index in [1.54, 1.807) is 36.2 Å². The third kappa shape index (κ3) is 2.96. The number of methoxy groups -OCH3 is 1. The third-order valence-electron chi connectivity index (χ3n) is 4.38. The van der Waals surface area contributed by atoms with E-state index in [9.17, 15) is 9.59 Å². The van der Waals surface area contributed by atoms with Gasteiger partial charge >= 0.3 is 5.97 Å². The van der Waals surface area contributed by atoms with Crippen LogP contribution in [-0.2, 0) is 9.53 Å². The Morgan fingerprint density at radius 2 is 2.07 bits per heavy atom. The fraction of sp³-hybridized carbons (Fsp3) is 0.150. The van der Waals surface area contributed by atoms with Gasteiger partial charge in [0.1, 0.15) is 0 Å². The van der Waals surface area contributed by atoms with Crippen LogP contribution in [0.3, 0.4) is 0 Å². The Labute approximate surface area is 158 Å². The van der Waals surface area contributed by atoms with E-state index >= 15 is 0 Å². The molecule has 1 aliphatic heterocycles. The minimum Gasteiger partial charge on any atom is -0.472 e. The Morgan fingerprint density at radius 3 is 2.74 bits per heavy atom. The molecule has 1 aromatic carbocycles. The number of carbonyl (C=O) groups excluding carboxylic acids is 1. The van der Waals surface area contributed by atoms with Crippen molar-refractivity contribution in [2.75, 3.05) is 7.11 Å². The number of thiazole rings is 1. The molecular formula is C20H16N2O4S. The maximum absolute atomic E-state index is 13.2. The number of hydrogen-bond acceptors (Lipinski definition) is 6. The first-order valence-corrected chi connectivity index (χ1v) is 9.10. The van der Waals surface area contributed by atoms with Crippen molar-refractivity contribution in [3.63, 3.8) is 0 Å². The van der Waals surface area contributed by atoms with Gasteiger partial charge in [-0.1, -0.05) is 41.7 Å². The van der Waals surface area contributed by atoms with E-state index in [4.69, 9.17) is 9.15 Å². The third-order valence-corrected chi connectivity index (χ3v) is 5.37. The van der Waals surface area contributed by atoms with Crippen LogP contribution in [0.4, 0.5) is 0 Å². The minimum absolute atomic E-state index is 0.206. The van der Waals surface area contributed by atoms with Crippen LogP contribution in [-0.4, -0.2) is 17.6 Å². The molecule has 0 spiro atoms.